The second kappa shape index (κ2) is 8.39. The number of nitrogens with one attached hydrogen (secondary N) is 1. The Bertz CT molecular complexity index is 1070. The number of hydrogen-bond donors (Lipinski definition) is 2. The van der Waals surface area contributed by atoms with Gasteiger partial charge in [-0.15, -0.1) is 0 Å². The fourth-order valence-corrected chi connectivity index (χ4v) is 5.33. The molecule has 1 fully saturated rings. The van der Waals surface area contributed by atoms with Crippen LogP contribution in [0.25, 0.3) is 0 Å². The number of hydrogen-bond acceptors (Lipinski definition) is 5. The van der Waals surface area contributed by atoms with Crippen LogP contribution >= 0.6 is 0 Å². The predicted octanol–water partition coefficient (Wildman–Crippen LogP) is 2.20. The molecule has 0 aliphatic carbocycles. The Kier molecular flexibility index (Phi) is 5.67. The number of aromatic nitrogens is 2. The Balaban J connectivity index is 1.57. The fourth-order valence-electron chi connectivity index (χ4n) is 3.84. The molecule has 0 unspecified atom stereocenters. The molecule has 8 nitrogen and oxygen atoms in total. The zero-order valence-electron chi connectivity index (χ0n) is 16.2. The lowest BCUT2D eigenvalue weighted by molar-refractivity contribution is 0.0692. The number of nitrogens with zero attached hydrogens (tertiary/aromatic N) is 3. The third-order valence-corrected chi connectivity index (χ3v) is 7.17. The van der Waals surface area contributed by atoms with Crippen LogP contribution in [0.2, 0.25) is 0 Å². The molecule has 1 aliphatic rings. The lowest BCUT2D eigenvalue weighted by atomic mass is 9.96. The van der Waals surface area contributed by atoms with Crippen LogP contribution in [0.15, 0.2) is 71.9 Å². The summed E-state index contributed by atoms with van der Waals surface area (Å²) in [6, 6.07) is 20.2. The molecule has 0 atom stereocenters. The minimum Gasteiger partial charge on any atom is -0.478 e. The standard InChI is InChI=1S/C21H22N4O4S/c26-21(27)18-15-22-23-20(18)30(28,29)25-13-11-24(12-14-25)19(16-7-3-1-4-8-16)17-9-5-2-6-10-17/h1-10,15,19H,11-14H2,(H,22,23)(H,26,27). The number of aromatic carboxylic acids is 1. The molecule has 2 heterocycles. The zero-order valence-corrected chi connectivity index (χ0v) is 17.0. The van der Waals surface area contributed by atoms with Crippen molar-refractivity contribution in [1.82, 2.24) is 19.4 Å². The second-order valence-electron chi connectivity index (χ2n) is 7.08. The summed E-state index contributed by atoms with van der Waals surface area (Å²) >= 11 is 0. The summed E-state index contributed by atoms with van der Waals surface area (Å²) in [5.74, 6) is -1.32. The van der Waals surface area contributed by atoms with E-state index < -0.39 is 16.0 Å². The lowest BCUT2D eigenvalue weighted by Crippen LogP contribution is -2.50. The molecule has 0 bridgehead atoms. The summed E-state index contributed by atoms with van der Waals surface area (Å²) in [5, 5.41) is 14.8. The lowest BCUT2D eigenvalue weighted by Gasteiger charge is -2.39. The molecule has 0 spiro atoms. The average molecular weight is 426 g/mol. The number of sulfonamides is 1. The SMILES string of the molecule is O=C(O)c1cn[nH]c1S(=O)(=O)N1CCN(C(c2ccccc2)c2ccccc2)CC1. The van der Waals surface area contributed by atoms with Crippen molar-refractivity contribution in [2.24, 2.45) is 0 Å². The molecule has 1 aromatic heterocycles. The van der Waals surface area contributed by atoms with Gasteiger partial charge in [0, 0.05) is 26.2 Å². The monoisotopic (exact) mass is 426 g/mol. The van der Waals surface area contributed by atoms with E-state index >= 15 is 0 Å². The summed E-state index contributed by atoms with van der Waals surface area (Å²) in [6.45, 7) is 1.56. The van der Waals surface area contributed by atoms with E-state index in [2.05, 4.69) is 39.4 Å². The summed E-state index contributed by atoms with van der Waals surface area (Å²) in [4.78, 5) is 13.6. The van der Waals surface area contributed by atoms with Crippen LogP contribution in [-0.4, -0.2) is 65.1 Å². The number of benzene rings is 2. The van der Waals surface area contributed by atoms with Crippen molar-refractivity contribution >= 4 is 16.0 Å². The highest BCUT2D eigenvalue weighted by atomic mass is 32.2. The molecule has 2 N–H and O–H groups in total. The van der Waals surface area contributed by atoms with Crippen LogP contribution in [-0.2, 0) is 10.0 Å². The van der Waals surface area contributed by atoms with Crippen molar-refractivity contribution in [2.45, 2.75) is 11.1 Å². The molecule has 1 saturated heterocycles. The van der Waals surface area contributed by atoms with Crippen LogP contribution in [0.3, 0.4) is 0 Å². The number of carboxylic acids is 1. The van der Waals surface area contributed by atoms with Gasteiger partial charge in [-0.3, -0.25) is 10.00 Å². The first kappa shape index (κ1) is 20.3. The Morgan fingerprint density at radius 1 is 0.933 bits per heavy atom. The normalized spacial score (nSPS) is 16.0. The van der Waals surface area contributed by atoms with E-state index in [-0.39, 0.29) is 29.7 Å². The van der Waals surface area contributed by atoms with E-state index in [0.29, 0.717) is 13.1 Å². The summed E-state index contributed by atoms with van der Waals surface area (Å²) in [7, 11) is -3.96. The van der Waals surface area contributed by atoms with Gasteiger partial charge in [-0.2, -0.15) is 9.40 Å². The summed E-state index contributed by atoms with van der Waals surface area (Å²) in [5.41, 5.74) is 1.94. The quantitative estimate of drug-likeness (QED) is 0.626. The molecule has 0 radical (unpaired) electrons. The smallest absolute Gasteiger partial charge is 0.340 e. The summed E-state index contributed by atoms with van der Waals surface area (Å²) in [6.07, 6.45) is 1.02. The van der Waals surface area contributed by atoms with E-state index in [0.717, 1.165) is 17.3 Å². The fraction of sp³-hybridized carbons (Fsp3) is 0.238. The second-order valence-corrected chi connectivity index (χ2v) is 8.96. The van der Waals surface area contributed by atoms with Crippen molar-refractivity contribution in [2.75, 3.05) is 26.2 Å². The van der Waals surface area contributed by atoms with Gasteiger partial charge in [0.25, 0.3) is 10.0 Å². The molecule has 156 valence electrons. The topological polar surface area (TPSA) is 107 Å². The van der Waals surface area contributed by atoms with Gasteiger partial charge in [-0.1, -0.05) is 60.7 Å². The van der Waals surface area contributed by atoms with Gasteiger partial charge in [0.05, 0.1) is 12.2 Å². The van der Waals surface area contributed by atoms with Gasteiger partial charge < -0.3 is 5.11 Å². The van der Waals surface area contributed by atoms with Gasteiger partial charge in [-0.25, -0.2) is 13.2 Å². The highest BCUT2D eigenvalue weighted by molar-refractivity contribution is 7.89. The Morgan fingerprint density at radius 3 is 1.97 bits per heavy atom. The van der Waals surface area contributed by atoms with E-state index in [1.54, 1.807) is 0 Å². The number of carbonyl (C=O) groups is 1. The Hall–Kier alpha value is -3.01. The largest absolute Gasteiger partial charge is 0.478 e. The van der Waals surface area contributed by atoms with E-state index in [1.165, 1.54) is 4.31 Å². The molecule has 0 saturated carbocycles. The number of carboxylic acid groups (broad SMARTS) is 1. The molecule has 9 heteroatoms. The third kappa shape index (κ3) is 3.87. The van der Waals surface area contributed by atoms with Crippen LogP contribution in [0, 0.1) is 0 Å². The van der Waals surface area contributed by atoms with E-state index in [9.17, 15) is 18.3 Å². The number of H-pyrrole nitrogens is 1. The maximum atomic E-state index is 13.0. The molecule has 30 heavy (non-hydrogen) atoms. The Labute approximate surface area is 174 Å². The van der Waals surface area contributed by atoms with Crippen molar-refractivity contribution in [3.05, 3.63) is 83.6 Å². The van der Waals surface area contributed by atoms with Gasteiger partial charge in [-0.05, 0) is 11.1 Å². The first-order valence-corrected chi connectivity index (χ1v) is 11.0. The summed E-state index contributed by atoms with van der Waals surface area (Å²) < 4.78 is 27.2. The molecule has 4 rings (SSSR count). The number of aromatic amines is 1. The highest BCUT2D eigenvalue weighted by Gasteiger charge is 2.35. The first-order valence-electron chi connectivity index (χ1n) is 9.59. The molecule has 3 aromatic rings. The minimum absolute atomic E-state index is 0.0130. The van der Waals surface area contributed by atoms with E-state index in [4.69, 9.17) is 0 Å². The van der Waals surface area contributed by atoms with Crippen molar-refractivity contribution in [3.8, 4) is 0 Å². The number of piperazine rings is 1. The van der Waals surface area contributed by atoms with Crippen LogP contribution in [0.4, 0.5) is 0 Å². The van der Waals surface area contributed by atoms with Crippen LogP contribution in [0.5, 0.6) is 0 Å². The molecular formula is C21H22N4O4S. The van der Waals surface area contributed by atoms with Crippen molar-refractivity contribution < 1.29 is 18.3 Å². The molecule has 0 amide bonds. The molecular weight excluding hydrogens is 404 g/mol. The van der Waals surface area contributed by atoms with Gasteiger partial charge in [0.15, 0.2) is 5.03 Å². The maximum Gasteiger partial charge on any atom is 0.340 e. The zero-order chi connectivity index (χ0) is 21.1. The predicted molar refractivity (Wildman–Crippen MR) is 111 cm³/mol. The average Bonchev–Trinajstić information content (AvgIpc) is 3.27. The van der Waals surface area contributed by atoms with Gasteiger partial charge in [0.2, 0.25) is 0 Å². The number of rotatable bonds is 6. The third-order valence-electron chi connectivity index (χ3n) is 5.30. The maximum absolute atomic E-state index is 13.0. The highest BCUT2D eigenvalue weighted by Crippen LogP contribution is 2.30. The van der Waals surface area contributed by atoms with Crippen LogP contribution < -0.4 is 0 Å². The van der Waals surface area contributed by atoms with Crippen molar-refractivity contribution in [1.29, 1.82) is 0 Å². The van der Waals surface area contributed by atoms with E-state index in [1.807, 2.05) is 36.4 Å². The minimum atomic E-state index is -3.96. The van der Waals surface area contributed by atoms with Gasteiger partial charge >= 0.3 is 5.97 Å². The van der Waals surface area contributed by atoms with Crippen molar-refractivity contribution in [3.63, 3.8) is 0 Å². The van der Waals surface area contributed by atoms with Gasteiger partial charge in [0.1, 0.15) is 5.56 Å². The molecule has 1 aliphatic heterocycles. The molecule has 2 aromatic carbocycles. The Morgan fingerprint density at radius 2 is 1.47 bits per heavy atom. The van der Waals surface area contributed by atoms with Crippen LogP contribution in [0.1, 0.15) is 27.5 Å². The first-order chi connectivity index (χ1) is 14.5.